The first-order valence-corrected chi connectivity index (χ1v) is 7.59. The monoisotopic (exact) mass is 301 g/mol. The van der Waals surface area contributed by atoms with Gasteiger partial charge in [-0.3, -0.25) is 9.48 Å². The van der Waals surface area contributed by atoms with E-state index >= 15 is 0 Å². The molecule has 0 radical (unpaired) electrons. The fourth-order valence-corrected chi connectivity index (χ4v) is 2.12. The van der Waals surface area contributed by atoms with Crippen LogP contribution in [-0.4, -0.2) is 22.3 Å². The standard InChI is InChI=1S/C17H23N3O2/c1-5-22-16-8-6-14(7-9-16)13(4)19-17(21)15-10-18-20(11-15)12(2)3/h6-13H,5H2,1-4H3,(H,19,21). The Kier molecular flexibility index (Phi) is 5.20. The lowest BCUT2D eigenvalue weighted by atomic mass is 10.1. The number of hydrogen-bond acceptors (Lipinski definition) is 3. The lowest BCUT2D eigenvalue weighted by molar-refractivity contribution is 0.0940. The van der Waals surface area contributed by atoms with Gasteiger partial charge >= 0.3 is 0 Å². The molecule has 0 saturated carbocycles. The number of nitrogens with one attached hydrogen (secondary N) is 1. The van der Waals surface area contributed by atoms with Gasteiger partial charge in [-0.05, 0) is 45.4 Å². The summed E-state index contributed by atoms with van der Waals surface area (Å²) < 4.78 is 7.19. The fraction of sp³-hybridized carbons (Fsp3) is 0.412. The molecule has 2 aromatic rings. The molecule has 1 aromatic carbocycles. The van der Waals surface area contributed by atoms with E-state index in [2.05, 4.69) is 10.4 Å². The fourth-order valence-electron chi connectivity index (χ4n) is 2.12. The molecule has 1 N–H and O–H groups in total. The minimum Gasteiger partial charge on any atom is -0.494 e. The highest BCUT2D eigenvalue weighted by molar-refractivity contribution is 5.93. The first-order chi connectivity index (χ1) is 10.5. The molecule has 0 aliphatic heterocycles. The van der Waals surface area contributed by atoms with Gasteiger partial charge < -0.3 is 10.1 Å². The van der Waals surface area contributed by atoms with Crippen LogP contribution in [0.1, 0.15) is 55.7 Å². The van der Waals surface area contributed by atoms with Crippen LogP contribution in [0.2, 0.25) is 0 Å². The van der Waals surface area contributed by atoms with E-state index < -0.39 is 0 Å². The van der Waals surface area contributed by atoms with Crippen LogP contribution in [-0.2, 0) is 0 Å². The Morgan fingerprint density at radius 1 is 1.27 bits per heavy atom. The molecule has 1 amide bonds. The van der Waals surface area contributed by atoms with E-state index in [1.54, 1.807) is 17.1 Å². The van der Waals surface area contributed by atoms with Gasteiger partial charge in [-0.25, -0.2) is 0 Å². The van der Waals surface area contributed by atoms with E-state index in [4.69, 9.17) is 4.74 Å². The van der Waals surface area contributed by atoms with Crippen molar-refractivity contribution >= 4 is 5.91 Å². The molecule has 0 fully saturated rings. The maximum Gasteiger partial charge on any atom is 0.254 e. The highest BCUT2D eigenvalue weighted by atomic mass is 16.5. The Bertz CT molecular complexity index is 617. The van der Waals surface area contributed by atoms with Gasteiger partial charge in [-0.2, -0.15) is 5.10 Å². The van der Waals surface area contributed by atoms with Crippen molar-refractivity contribution < 1.29 is 9.53 Å². The first-order valence-electron chi connectivity index (χ1n) is 7.59. The Morgan fingerprint density at radius 3 is 2.50 bits per heavy atom. The van der Waals surface area contributed by atoms with E-state index in [9.17, 15) is 4.79 Å². The highest BCUT2D eigenvalue weighted by Gasteiger charge is 2.14. The second-order valence-electron chi connectivity index (χ2n) is 5.50. The quantitative estimate of drug-likeness (QED) is 0.890. The number of carbonyl (C=O) groups excluding carboxylic acids is 1. The zero-order valence-electron chi connectivity index (χ0n) is 13.5. The third-order valence-electron chi connectivity index (χ3n) is 3.43. The van der Waals surface area contributed by atoms with Crippen LogP contribution in [0.15, 0.2) is 36.7 Å². The maximum absolute atomic E-state index is 12.2. The number of aromatic nitrogens is 2. The summed E-state index contributed by atoms with van der Waals surface area (Å²) in [5.41, 5.74) is 1.61. The van der Waals surface area contributed by atoms with E-state index in [0.717, 1.165) is 11.3 Å². The van der Waals surface area contributed by atoms with Crippen LogP contribution < -0.4 is 10.1 Å². The van der Waals surface area contributed by atoms with Crippen LogP contribution in [0.25, 0.3) is 0 Å². The Balaban J connectivity index is 2.00. The molecular formula is C17H23N3O2. The predicted octanol–water partition coefficient (Wildman–Crippen LogP) is 3.35. The van der Waals surface area contributed by atoms with Crippen LogP contribution in [0.4, 0.5) is 0 Å². The zero-order valence-corrected chi connectivity index (χ0v) is 13.5. The van der Waals surface area contributed by atoms with Gasteiger partial charge in [-0.1, -0.05) is 12.1 Å². The largest absolute Gasteiger partial charge is 0.494 e. The van der Waals surface area contributed by atoms with Gasteiger partial charge in [0, 0.05) is 12.2 Å². The van der Waals surface area contributed by atoms with Gasteiger partial charge in [0.25, 0.3) is 5.91 Å². The average Bonchev–Trinajstić information content (AvgIpc) is 2.98. The lowest BCUT2D eigenvalue weighted by Crippen LogP contribution is -2.26. The molecule has 0 aliphatic carbocycles. The summed E-state index contributed by atoms with van der Waals surface area (Å²) in [5, 5.41) is 7.17. The Hall–Kier alpha value is -2.30. The number of benzene rings is 1. The number of nitrogens with zero attached hydrogens (tertiary/aromatic N) is 2. The van der Waals surface area contributed by atoms with Crippen molar-refractivity contribution in [1.29, 1.82) is 0 Å². The zero-order chi connectivity index (χ0) is 16.1. The number of hydrogen-bond donors (Lipinski definition) is 1. The van der Waals surface area contributed by atoms with Crippen molar-refractivity contribution in [1.82, 2.24) is 15.1 Å². The molecule has 2 rings (SSSR count). The minimum absolute atomic E-state index is 0.0782. The van der Waals surface area contributed by atoms with Crippen molar-refractivity contribution in [3.63, 3.8) is 0 Å². The van der Waals surface area contributed by atoms with Crippen molar-refractivity contribution in [3.05, 3.63) is 47.8 Å². The summed E-state index contributed by atoms with van der Waals surface area (Å²) in [6, 6.07) is 7.92. The Labute approximate surface area is 131 Å². The molecule has 1 heterocycles. The molecular weight excluding hydrogens is 278 g/mol. The van der Waals surface area contributed by atoms with E-state index in [1.807, 2.05) is 52.0 Å². The second kappa shape index (κ2) is 7.11. The van der Waals surface area contributed by atoms with E-state index in [1.165, 1.54) is 0 Å². The summed E-state index contributed by atoms with van der Waals surface area (Å²) in [7, 11) is 0. The molecule has 1 unspecified atom stereocenters. The molecule has 0 aliphatic rings. The summed E-state index contributed by atoms with van der Waals surface area (Å²) in [6.07, 6.45) is 3.37. The number of carbonyl (C=O) groups is 1. The summed E-state index contributed by atoms with van der Waals surface area (Å²) in [6.45, 7) is 8.61. The topological polar surface area (TPSA) is 56.1 Å². The molecule has 5 nitrogen and oxygen atoms in total. The minimum atomic E-state index is -0.117. The van der Waals surface area contributed by atoms with Crippen LogP contribution in [0.3, 0.4) is 0 Å². The normalized spacial score (nSPS) is 12.2. The third-order valence-corrected chi connectivity index (χ3v) is 3.43. The summed E-state index contributed by atoms with van der Waals surface area (Å²) in [4.78, 5) is 12.2. The number of ether oxygens (including phenoxy) is 1. The van der Waals surface area contributed by atoms with Crippen LogP contribution in [0.5, 0.6) is 5.75 Å². The summed E-state index contributed by atoms with van der Waals surface area (Å²) in [5.74, 6) is 0.719. The molecule has 0 saturated heterocycles. The van der Waals surface area contributed by atoms with Gasteiger partial charge in [0.15, 0.2) is 0 Å². The highest BCUT2D eigenvalue weighted by Crippen LogP contribution is 2.18. The van der Waals surface area contributed by atoms with Crippen molar-refractivity contribution in [2.75, 3.05) is 6.61 Å². The molecule has 22 heavy (non-hydrogen) atoms. The van der Waals surface area contributed by atoms with Crippen LogP contribution >= 0.6 is 0 Å². The summed E-state index contributed by atoms with van der Waals surface area (Å²) >= 11 is 0. The van der Waals surface area contributed by atoms with Crippen molar-refractivity contribution in [3.8, 4) is 5.75 Å². The smallest absolute Gasteiger partial charge is 0.254 e. The van der Waals surface area contributed by atoms with Gasteiger partial charge in [0.2, 0.25) is 0 Å². The Morgan fingerprint density at radius 2 is 1.95 bits per heavy atom. The van der Waals surface area contributed by atoms with Crippen molar-refractivity contribution in [2.24, 2.45) is 0 Å². The molecule has 1 aromatic heterocycles. The first kappa shape index (κ1) is 16.1. The maximum atomic E-state index is 12.2. The molecule has 118 valence electrons. The number of rotatable bonds is 6. The van der Waals surface area contributed by atoms with E-state index in [-0.39, 0.29) is 18.0 Å². The van der Waals surface area contributed by atoms with Gasteiger partial charge in [-0.15, -0.1) is 0 Å². The second-order valence-corrected chi connectivity index (χ2v) is 5.50. The van der Waals surface area contributed by atoms with E-state index in [0.29, 0.717) is 12.2 Å². The predicted molar refractivity (Wildman–Crippen MR) is 86.1 cm³/mol. The number of amides is 1. The van der Waals surface area contributed by atoms with Gasteiger partial charge in [0.05, 0.1) is 24.4 Å². The van der Waals surface area contributed by atoms with Crippen LogP contribution in [0, 0.1) is 0 Å². The molecule has 0 bridgehead atoms. The SMILES string of the molecule is CCOc1ccc(C(C)NC(=O)c2cnn(C(C)C)c2)cc1. The molecule has 0 spiro atoms. The lowest BCUT2D eigenvalue weighted by Gasteiger charge is -2.14. The van der Waals surface area contributed by atoms with Crippen molar-refractivity contribution in [2.45, 2.75) is 39.8 Å². The average molecular weight is 301 g/mol. The third kappa shape index (κ3) is 3.87. The molecule has 5 heteroatoms. The van der Waals surface area contributed by atoms with Gasteiger partial charge in [0.1, 0.15) is 5.75 Å². The molecule has 1 atom stereocenters.